The molecule has 0 bridgehead atoms. The molecule has 92 valence electrons. The molecular formula is C12H19N5. The molecule has 17 heavy (non-hydrogen) atoms. The Morgan fingerprint density at radius 1 is 1.29 bits per heavy atom. The molecule has 1 aromatic rings. The minimum Gasteiger partial charge on any atom is -0.382 e. The third-order valence-corrected chi connectivity index (χ3v) is 3.05. The molecule has 5 nitrogen and oxygen atoms in total. The number of aromatic nitrogens is 1. The van der Waals surface area contributed by atoms with Crippen LogP contribution in [0.25, 0.3) is 0 Å². The van der Waals surface area contributed by atoms with Crippen molar-refractivity contribution in [1.29, 1.82) is 5.41 Å². The summed E-state index contributed by atoms with van der Waals surface area (Å²) in [4.78, 5) is 9.01. The van der Waals surface area contributed by atoms with Crippen LogP contribution in [0, 0.1) is 5.41 Å². The molecule has 5 heteroatoms. The van der Waals surface area contributed by atoms with Crippen molar-refractivity contribution in [3.8, 4) is 0 Å². The molecule has 3 N–H and O–H groups in total. The molecule has 0 saturated carbocycles. The molecular weight excluding hydrogens is 214 g/mol. The van der Waals surface area contributed by atoms with Crippen LogP contribution in [-0.4, -0.2) is 48.9 Å². The Morgan fingerprint density at radius 3 is 2.88 bits per heavy atom. The minimum absolute atomic E-state index is 0.0267. The first-order chi connectivity index (χ1) is 8.16. The van der Waals surface area contributed by atoms with E-state index in [1.807, 2.05) is 12.1 Å². The third kappa shape index (κ3) is 2.94. The Morgan fingerprint density at radius 2 is 2.12 bits per heavy atom. The maximum atomic E-state index is 7.41. The van der Waals surface area contributed by atoms with Crippen LogP contribution in [-0.2, 0) is 0 Å². The lowest BCUT2D eigenvalue weighted by atomic mass is 10.3. The molecule has 0 atom stereocenters. The zero-order valence-electron chi connectivity index (χ0n) is 10.2. The van der Waals surface area contributed by atoms with Gasteiger partial charge in [0, 0.05) is 19.6 Å². The van der Waals surface area contributed by atoms with Gasteiger partial charge in [0.05, 0.1) is 0 Å². The van der Waals surface area contributed by atoms with Crippen LogP contribution >= 0.6 is 0 Å². The van der Waals surface area contributed by atoms with E-state index in [1.165, 1.54) is 0 Å². The maximum absolute atomic E-state index is 7.41. The van der Waals surface area contributed by atoms with Crippen molar-refractivity contribution in [2.45, 2.75) is 6.42 Å². The molecule has 0 aliphatic carbocycles. The van der Waals surface area contributed by atoms with Crippen molar-refractivity contribution in [2.24, 2.45) is 5.73 Å². The van der Waals surface area contributed by atoms with Gasteiger partial charge >= 0.3 is 0 Å². The first kappa shape index (κ1) is 11.9. The van der Waals surface area contributed by atoms with Crippen LogP contribution in [0.1, 0.15) is 12.1 Å². The molecule has 0 spiro atoms. The summed E-state index contributed by atoms with van der Waals surface area (Å²) in [7, 11) is 2.14. The summed E-state index contributed by atoms with van der Waals surface area (Å²) in [5.74, 6) is 0.951. The molecule has 0 unspecified atom stereocenters. The van der Waals surface area contributed by atoms with Crippen molar-refractivity contribution in [3.63, 3.8) is 0 Å². The van der Waals surface area contributed by atoms with Gasteiger partial charge in [-0.05, 0) is 32.1 Å². The molecule has 1 fully saturated rings. The van der Waals surface area contributed by atoms with Crippen molar-refractivity contribution >= 4 is 11.7 Å². The lowest BCUT2D eigenvalue weighted by Crippen LogP contribution is -2.29. The van der Waals surface area contributed by atoms with Crippen LogP contribution in [0.3, 0.4) is 0 Å². The standard InChI is InChI=1S/C12H19N5/c1-16-6-3-7-17(9-8-16)11-5-2-4-10(15-11)12(13)14/h2,4-5H,3,6-9H2,1H3,(H3,13,14). The zero-order chi connectivity index (χ0) is 12.3. The number of nitrogens with one attached hydrogen (secondary N) is 1. The highest BCUT2D eigenvalue weighted by Gasteiger charge is 2.14. The average Bonchev–Trinajstić information content (AvgIpc) is 2.54. The number of nitrogens with zero attached hydrogens (tertiary/aromatic N) is 3. The number of anilines is 1. The second kappa shape index (κ2) is 5.14. The smallest absolute Gasteiger partial charge is 0.141 e. The van der Waals surface area contributed by atoms with E-state index in [1.54, 1.807) is 6.07 Å². The molecule has 1 saturated heterocycles. The Balaban J connectivity index is 2.15. The monoisotopic (exact) mass is 233 g/mol. The third-order valence-electron chi connectivity index (χ3n) is 3.05. The fraction of sp³-hybridized carbons (Fsp3) is 0.500. The van der Waals surface area contributed by atoms with Crippen molar-refractivity contribution in [2.75, 3.05) is 38.1 Å². The summed E-state index contributed by atoms with van der Waals surface area (Å²) < 4.78 is 0. The van der Waals surface area contributed by atoms with Crippen molar-refractivity contribution < 1.29 is 0 Å². The van der Waals surface area contributed by atoms with E-state index < -0.39 is 0 Å². The predicted octanol–water partition coefficient (Wildman–Crippen LogP) is 0.508. The summed E-state index contributed by atoms with van der Waals surface area (Å²) in [5, 5.41) is 7.41. The fourth-order valence-corrected chi connectivity index (χ4v) is 2.03. The first-order valence-corrected chi connectivity index (χ1v) is 5.92. The van der Waals surface area contributed by atoms with Gasteiger partial charge in [-0.1, -0.05) is 6.07 Å². The highest BCUT2D eigenvalue weighted by atomic mass is 15.2. The molecule has 0 radical (unpaired) electrons. The molecule has 2 rings (SSSR count). The first-order valence-electron chi connectivity index (χ1n) is 5.92. The Labute approximate surface area is 102 Å². The second-order valence-electron chi connectivity index (χ2n) is 4.44. The van der Waals surface area contributed by atoms with Gasteiger partial charge in [-0.25, -0.2) is 4.98 Å². The van der Waals surface area contributed by atoms with E-state index in [0.717, 1.165) is 38.4 Å². The maximum Gasteiger partial charge on any atom is 0.141 e. The summed E-state index contributed by atoms with van der Waals surface area (Å²) in [6, 6.07) is 5.67. The summed E-state index contributed by atoms with van der Waals surface area (Å²) in [6.45, 7) is 4.17. The van der Waals surface area contributed by atoms with Crippen LogP contribution in [0.15, 0.2) is 18.2 Å². The summed E-state index contributed by atoms with van der Waals surface area (Å²) in [6.07, 6.45) is 1.14. The van der Waals surface area contributed by atoms with E-state index in [-0.39, 0.29) is 5.84 Å². The van der Waals surface area contributed by atoms with Gasteiger partial charge < -0.3 is 15.5 Å². The quantitative estimate of drug-likeness (QED) is 0.577. The lowest BCUT2D eigenvalue weighted by molar-refractivity contribution is 0.360. The normalized spacial score (nSPS) is 17.8. The Kier molecular flexibility index (Phi) is 3.58. The summed E-state index contributed by atoms with van der Waals surface area (Å²) >= 11 is 0. The van der Waals surface area contributed by atoms with Gasteiger partial charge in [-0.3, -0.25) is 5.41 Å². The number of likely N-dealkylation sites (N-methyl/N-ethyl adjacent to an activating group) is 1. The van der Waals surface area contributed by atoms with Gasteiger partial charge in [-0.15, -0.1) is 0 Å². The van der Waals surface area contributed by atoms with Crippen LogP contribution in [0.2, 0.25) is 0 Å². The number of nitrogen functional groups attached to an aromatic ring is 1. The van der Waals surface area contributed by atoms with E-state index in [9.17, 15) is 0 Å². The SMILES string of the molecule is CN1CCCN(c2cccc(C(=N)N)n2)CC1. The van der Waals surface area contributed by atoms with E-state index in [2.05, 4.69) is 21.8 Å². The van der Waals surface area contributed by atoms with Crippen LogP contribution < -0.4 is 10.6 Å². The van der Waals surface area contributed by atoms with Gasteiger partial charge in [0.15, 0.2) is 0 Å². The fourth-order valence-electron chi connectivity index (χ4n) is 2.03. The topological polar surface area (TPSA) is 69.2 Å². The van der Waals surface area contributed by atoms with Gasteiger partial charge in [-0.2, -0.15) is 0 Å². The van der Waals surface area contributed by atoms with Gasteiger partial charge in [0.2, 0.25) is 0 Å². The number of rotatable bonds is 2. The van der Waals surface area contributed by atoms with Crippen LogP contribution in [0.5, 0.6) is 0 Å². The molecule has 1 aliphatic heterocycles. The second-order valence-corrected chi connectivity index (χ2v) is 4.44. The number of amidine groups is 1. The van der Waals surface area contributed by atoms with E-state index >= 15 is 0 Å². The predicted molar refractivity (Wildman–Crippen MR) is 69.6 cm³/mol. The van der Waals surface area contributed by atoms with E-state index in [4.69, 9.17) is 11.1 Å². The number of nitrogens with two attached hydrogens (primary N) is 1. The minimum atomic E-state index is 0.0267. The summed E-state index contributed by atoms with van der Waals surface area (Å²) in [5.41, 5.74) is 6.01. The molecule has 0 aromatic carbocycles. The molecule has 1 aromatic heterocycles. The molecule has 1 aliphatic rings. The van der Waals surface area contributed by atoms with E-state index in [0.29, 0.717) is 5.69 Å². The van der Waals surface area contributed by atoms with Crippen LogP contribution in [0.4, 0.5) is 5.82 Å². The molecule has 2 heterocycles. The highest BCUT2D eigenvalue weighted by Crippen LogP contribution is 2.13. The van der Waals surface area contributed by atoms with Crippen molar-refractivity contribution in [1.82, 2.24) is 9.88 Å². The Bertz CT molecular complexity index is 404. The number of pyridine rings is 1. The van der Waals surface area contributed by atoms with Gasteiger partial charge in [0.1, 0.15) is 17.3 Å². The zero-order valence-corrected chi connectivity index (χ0v) is 10.2. The van der Waals surface area contributed by atoms with Gasteiger partial charge in [0.25, 0.3) is 0 Å². The average molecular weight is 233 g/mol. The largest absolute Gasteiger partial charge is 0.382 e. The van der Waals surface area contributed by atoms with Crippen molar-refractivity contribution in [3.05, 3.63) is 23.9 Å². The highest BCUT2D eigenvalue weighted by molar-refractivity contribution is 5.93. The number of hydrogen-bond donors (Lipinski definition) is 2. The number of hydrogen-bond acceptors (Lipinski definition) is 4. The lowest BCUT2D eigenvalue weighted by Gasteiger charge is -2.21. The molecule has 0 amide bonds. The Hall–Kier alpha value is -1.62.